The number of nitrogens with two attached hydrogens (primary N) is 1. The molecule has 3 N–H and O–H groups in total. The van der Waals surface area contributed by atoms with Crippen molar-refractivity contribution in [2.24, 2.45) is 5.73 Å². The van der Waals surface area contributed by atoms with Crippen LogP contribution in [0.25, 0.3) is 11.0 Å². The zero-order chi connectivity index (χ0) is 17.2. The number of aromatic nitrogens is 2. The molecule has 0 atom stereocenters. The number of pyridine rings is 1. The van der Waals surface area contributed by atoms with Crippen LogP contribution in [0.2, 0.25) is 0 Å². The molecule has 3 aromatic rings. The predicted octanol–water partition coefficient (Wildman–Crippen LogP) is 1.59. The highest BCUT2D eigenvalue weighted by Crippen LogP contribution is 2.27. The van der Waals surface area contributed by atoms with Crippen molar-refractivity contribution in [1.29, 1.82) is 0 Å². The molecule has 6 nitrogen and oxygen atoms in total. The largest absolute Gasteiger partial charge is 0.368 e. The number of rotatable bonds is 4. The van der Waals surface area contributed by atoms with Crippen LogP contribution in [0, 0.1) is 0 Å². The first-order valence-corrected chi connectivity index (χ1v) is 8.50. The summed E-state index contributed by atoms with van der Waals surface area (Å²) in [5.74, 6) is -0.403. The first-order valence-electron chi connectivity index (χ1n) is 8.50. The molecule has 4 rings (SSSR count). The van der Waals surface area contributed by atoms with E-state index < -0.39 is 5.91 Å². The van der Waals surface area contributed by atoms with Gasteiger partial charge >= 0.3 is 0 Å². The molecule has 0 aliphatic carbocycles. The van der Waals surface area contributed by atoms with Gasteiger partial charge in [-0.25, -0.2) is 4.98 Å². The van der Waals surface area contributed by atoms with Crippen molar-refractivity contribution in [2.45, 2.75) is 6.54 Å². The quantitative estimate of drug-likeness (QED) is 0.759. The maximum absolute atomic E-state index is 11.2. The zero-order valence-electron chi connectivity index (χ0n) is 14.0. The van der Waals surface area contributed by atoms with E-state index >= 15 is 0 Å². The third-order valence-electron chi connectivity index (χ3n) is 4.69. The van der Waals surface area contributed by atoms with Crippen LogP contribution < -0.4 is 16.0 Å². The summed E-state index contributed by atoms with van der Waals surface area (Å²) in [7, 11) is 0. The highest BCUT2D eigenvalue weighted by atomic mass is 16.1. The minimum atomic E-state index is -0.403. The zero-order valence-corrected chi connectivity index (χ0v) is 14.0. The molecule has 1 aliphatic heterocycles. The first-order chi connectivity index (χ1) is 12.2. The molecule has 0 unspecified atom stereocenters. The van der Waals surface area contributed by atoms with E-state index in [-0.39, 0.29) is 0 Å². The smallest absolute Gasteiger partial charge is 0.248 e. The Hall–Kier alpha value is -2.86. The molecular weight excluding hydrogens is 314 g/mol. The second-order valence-electron chi connectivity index (χ2n) is 6.31. The Morgan fingerprint density at radius 3 is 2.60 bits per heavy atom. The molecule has 1 aromatic carbocycles. The molecule has 1 amide bonds. The lowest BCUT2D eigenvalue weighted by atomic mass is 10.1. The molecule has 25 heavy (non-hydrogen) atoms. The summed E-state index contributed by atoms with van der Waals surface area (Å²) in [6.45, 7) is 4.76. The summed E-state index contributed by atoms with van der Waals surface area (Å²) in [6.07, 6.45) is 3.96. The number of nitrogens with zero attached hydrogens (tertiary/aromatic N) is 3. The van der Waals surface area contributed by atoms with E-state index in [2.05, 4.69) is 38.1 Å². The summed E-state index contributed by atoms with van der Waals surface area (Å²) < 4.78 is 2.14. The molecule has 128 valence electrons. The summed E-state index contributed by atoms with van der Waals surface area (Å²) in [5.41, 5.74) is 9.16. The lowest BCUT2D eigenvalue weighted by molar-refractivity contribution is 0.100. The Labute approximate surface area is 146 Å². The highest BCUT2D eigenvalue weighted by molar-refractivity contribution is 5.92. The maximum Gasteiger partial charge on any atom is 0.248 e. The fourth-order valence-electron chi connectivity index (χ4n) is 3.36. The van der Waals surface area contributed by atoms with Crippen molar-refractivity contribution in [3.8, 4) is 0 Å². The van der Waals surface area contributed by atoms with Crippen molar-refractivity contribution in [3.63, 3.8) is 0 Å². The summed E-state index contributed by atoms with van der Waals surface area (Å²) in [4.78, 5) is 18.2. The van der Waals surface area contributed by atoms with Gasteiger partial charge in [-0.3, -0.25) is 4.79 Å². The number of hydrogen-bond acceptors (Lipinski definition) is 4. The second-order valence-corrected chi connectivity index (χ2v) is 6.31. The number of carbonyl (C=O) groups is 1. The Kier molecular flexibility index (Phi) is 4.11. The molecule has 6 heteroatoms. The third-order valence-corrected chi connectivity index (χ3v) is 4.69. The third kappa shape index (κ3) is 3.08. The standard InChI is InChI=1S/C19H21N5O/c20-18(25)15-3-1-14(2-4-15)13-24-10-6-16-17(5-7-22-19(16)24)23-11-8-21-9-12-23/h1-7,10,21H,8-9,11-13H2,(H2,20,25). The number of benzene rings is 1. The van der Waals surface area contributed by atoms with Crippen molar-refractivity contribution < 1.29 is 4.79 Å². The summed E-state index contributed by atoms with van der Waals surface area (Å²) >= 11 is 0. The van der Waals surface area contributed by atoms with Crippen molar-refractivity contribution in [2.75, 3.05) is 31.1 Å². The Morgan fingerprint density at radius 1 is 1.12 bits per heavy atom. The lowest BCUT2D eigenvalue weighted by Crippen LogP contribution is -2.43. The van der Waals surface area contributed by atoms with Gasteiger partial charge in [-0.05, 0) is 29.8 Å². The Balaban J connectivity index is 1.63. The summed E-state index contributed by atoms with van der Waals surface area (Å²) in [6, 6.07) is 11.6. The number of anilines is 1. The van der Waals surface area contributed by atoms with Crippen LogP contribution in [0.1, 0.15) is 15.9 Å². The van der Waals surface area contributed by atoms with E-state index in [0.29, 0.717) is 12.1 Å². The van der Waals surface area contributed by atoms with Gasteiger partial charge in [0.25, 0.3) is 0 Å². The van der Waals surface area contributed by atoms with Gasteiger partial charge < -0.3 is 20.5 Å². The number of primary amides is 1. The first kappa shape index (κ1) is 15.7. The lowest BCUT2D eigenvalue weighted by Gasteiger charge is -2.29. The van der Waals surface area contributed by atoms with Crippen molar-refractivity contribution >= 4 is 22.6 Å². The number of hydrogen-bond donors (Lipinski definition) is 2. The Morgan fingerprint density at radius 2 is 1.88 bits per heavy atom. The van der Waals surface area contributed by atoms with Crippen molar-refractivity contribution in [3.05, 3.63) is 59.9 Å². The van der Waals surface area contributed by atoms with E-state index in [4.69, 9.17) is 5.73 Å². The number of amides is 1. The number of fused-ring (bicyclic) bond motifs is 1. The molecular formula is C19H21N5O. The highest BCUT2D eigenvalue weighted by Gasteiger charge is 2.15. The van der Waals surface area contributed by atoms with E-state index in [0.717, 1.165) is 37.4 Å². The van der Waals surface area contributed by atoms with Gasteiger partial charge in [0, 0.05) is 61.8 Å². The maximum atomic E-state index is 11.2. The van der Waals surface area contributed by atoms with Gasteiger partial charge in [0.05, 0.1) is 0 Å². The fraction of sp³-hybridized carbons (Fsp3) is 0.263. The van der Waals surface area contributed by atoms with Crippen LogP contribution in [0.15, 0.2) is 48.8 Å². The summed E-state index contributed by atoms with van der Waals surface area (Å²) in [5, 5.41) is 4.57. The van der Waals surface area contributed by atoms with E-state index in [9.17, 15) is 4.79 Å². The minimum Gasteiger partial charge on any atom is -0.368 e. The SMILES string of the molecule is NC(=O)c1ccc(Cn2ccc3c(N4CCNCC4)ccnc32)cc1. The predicted molar refractivity (Wildman–Crippen MR) is 98.9 cm³/mol. The average Bonchev–Trinajstić information content (AvgIpc) is 3.06. The Bertz CT molecular complexity index is 894. The van der Waals surface area contributed by atoms with Gasteiger partial charge in [-0.15, -0.1) is 0 Å². The number of piperazine rings is 1. The topological polar surface area (TPSA) is 76.2 Å². The second kappa shape index (κ2) is 6.57. The van der Waals surface area contributed by atoms with Crippen LogP contribution in [-0.2, 0) is 6.54 Å². The minimum absolute atomic E-state index is 0.403. The van der Waals surface area contributed by atoms with E-state index in [1.807, 2.05) is 18.3 Å². The normalized spacial score (nSPS) is 14.8. The number of nitrogens with one attached hydrogen (secondary N) is 1. The van der Waals surface area contributed by atoms with Crippen molar-refractivity contribution in [1.82, 2.24) is 14.9 Å². The molecule has 1 fully saturated rings. The van der Waals surface area contributed by atoms with Crippen LogP contribution in [0.3, 0.4) is 0 Å². The fourth-order valence-corrected chi connectivity index (χ4v) is 3.36. The van der Waals surface area contributed by atoms with Crippen LogP contribution in [-0.4, -0.2) is 41.6 Å². The molecule has 1 aliphatic rings. The molecule has 3 heterocycles. The van der Waals surface area contributed by atoms with Crippen LogP contribution in [0.4, 0.5) is 5.69 Å². The average molecular weight is 335 g/mol. The molecule has 0 saturated carbocycles. The van der Waals surface area contributed by atoms with Gasteiger partial charge in [0.2, 0.25) is 5.91 Å². The van der Waals surface area contributed by atoms with Gasteiger partial charge in [0.15, 0.2) is 0 Å². The van der Waals surface area contributed by atoms with Gasteiger partial charge in [-0.2, -0.15) is 0 Å². The van der Waals surface area contributed by atoms with E-state index in [1.54, 1.807) is 12.1 Å². The molecule has 0 radical (unpaired) electrons. The van der Waals surface area contributed by atoms with Gasteiger partial charge in [-0.1, -0.05) is 12.1 Å². The van der Waals surface area contributed by atoms with Gasteiger partial charge in [0.1, 0.15) is 5.65 Å². The molecule has 2 aromatic heterocycles. The van der Waals surface area contributed by atoms with Crippen LogP contribution >= 0.6 is 0 Å². The number of carbonyl (C=O) groups excluding carboxylic acids is 1. The monoisotopic (exact) mass is 335 g/mol. The molecule has 0 bridgehead atoms. The molecule has 0 spiro atoms. The van der Waals surface area contributed by atoms with Crippen LogP contribution in [0.5, 0.6) is 0 Å². The van der Waals surface area contributed by atoms with E-state index in [1.165, 1.54) is 11.1 Å². The molecule has 1 saturated heterocycles.